The van der Waals surface area contributed by atoms with Gasteiger partial charge in [-0.05, 0) is 25.2 Å². The molecule has 1 amide bonds. The summed E-state index contributed by atoms with van der Waals surface area (Å²) in [4.78, 5) is 11.8. The highest BCUT2D eigenvalue weighted by Crippen LogP contribution is 2.30. The molecule has 2 unspecified atom stereocenters. The Morgan fingerprint density at radius 1 is 1.38 bits per heavy atom. The lowest BCUT2D eigenvalue weighted by atomic mass is 9.95. The zero-order valence-corrected chi connectivity index (χ0v) is 10.3. The number of carbonyl (C=O) groups excluding carboxylic acids is 1. The molecule has 1 aliphatic carbocycles. The second-order valence-corrected chi connectivity index (χ2v) is 5.30. The monoisotopic (exact) mass is 224 g/mol. The predicted molar refractivity (Wildman–Crippen MR) is 65.2 cm³/mol. The van der Waals surface area contributed by atoms with Crippen molar-refractivity contribution < 1.29 is 4.79 Å². The molecule has 3 nitrogen and oxygen atoms in total. The van der Waals surface area contributed by atoms with E-state index in [1.54, 1.807) is 0 Å². The number of carbonyl (C=O) groups is 1. The minimum Gasteiger partial charge on any atom is -0.353 e. The van der Waals surface area contributed by atoms with Crippen molar-refractivity contribution in [2.24, 2.45) is 11.8 Å². The lowest BCUT2D eigenvalue weighted by molar-refractivity contribution is -0.127. The summed E-state index contributed by atoms with van der Waals surface area (Å²) in [6.45, 7) is 3.99. The normalized spacial score (nSPS) is 30.1. The van der Waals surface area contributed by atoms with Gasteiger partial charge < -0.3 is 10.6 Å². The molecule has 1 saturated carbocycles. The van der Waals surface area contributed by atoms with Crippen molar-refractivity contribution in [2.45, 2.75) is 51.5 Å². The zero-order valence-electron chi connectivity index (χ0n) is 10.3. The van der Waals surface area contributed by atoms with Crippen LogP contribution in [-0.2, 0) is 4.79 Å². The van der Waals surface area contributed by atoms with Gasteiger partial charge in [0.2, 0.25) is 5.91 Å². The van der Waals surface area contributed by atoms with Gasteiger partial charge in [0.05, 0.1) is 5.92 Å². The molecular weight excluding hydrogens is 200 g/mol. The van der Waals surface area contributed by atoms with Gasteiger partial charge in [-0.2, -0.15) is 0 Å². The third kappa shape index (κ3) is 2.76. The summed E-state index contributed by atoms with van der Waals surface area (Å²) in [5.74, 6) is 1.27. The Labute approximate surface area is 98.4 Å². The summed E-state index contributed by atoms with van der Waals surface area (Å²) in [6.07, 6.45) is 7.67. The van der Waals surface area contributed by atoms with E-state index < -0.39 is 0 Å². The molecule has 92 valence electrons. The molecule has 1 saturated heterocycles. The van der Waals surface area contributed by atoms with E-state index in [0.717, 1.165) is 19.0 Å². The van der Waals surface area contributed by atoms with Gasteiger partial charge in [-0.3, -0.25) is 4.79 Å². The lowest BCUT2D eigenvalue weighted by Crippen LogP contribution is -2.53. The molecule has 0 aromatic carbocycles. The molecule has 2 atom stereocenters. The molecule has 1 aliphatic heterocycles. The molecule has 0 spiro atoms. The Morgan fingerprint density at radius 2 is 2.19 bits per heavy atom. The van der Waals surface area contributed by atoms with Crippen molar-refractivity contribution in [1.29, 1.82) is 0 Å². The smallest absolute Gasteiger partial charge is 0.225 e. The Hall–Kier alpha value is -0.570. The molecule has 2 N–H and O–H groups in total. The van der Waals surface area contributed by atoms with Crippen LogP contribution in [0.3, 0.4) is 0 Å². The number of hydrogen-bond donors (Lipinski definition) is 2. The number of amides is 1. The largest absolute Gasteiger partial charge is 0.353 e. The Kier molecular flexibility index (Phi) is 4.22. The zero-order chi connectivity index (χ0) is 11.4. The summed E-state index contributed by atoms with van der Waals surface area (Å²) in [5.41, 5.74) is 0. The number of nitrogens with one attached hydrogen (secondary N) is 2. The van der Waals surface area contributed by atoms with Gasteiger partial charge in [-0.15, -0.1) is 0 Å². The van der Waals surface area contributed by atoms with E-state index in [0.29, 0.717) is 6.04 Å². The van der Waals surface area contributed by atoms with E-state index in [2.05, 4.69) is 17.6 Å². The van der Waals surface area contributed by atoms with Crippen molar-refractivity contribution >= 4 is 5.91 Å². The lowest BCUT2D eigenvalue weighted by Gasteiger charge is -2.29. The van der Waals surface area contributed by atoms with E-state index in [1.807, 2.05) is 0 Å². The maximum Gasteiger partial charge on any atom is 0.225 e. The highest BCUT2D eigenvalue weighted by Gasteiger charge is 2.31. The van der Waals surface area contributed by atoms with E-state index >= 15 is 0 Å². The Bertz CT molecular complexity index is 238. The summed E-state index contributed by atoms with van der Waals surface area (Å²) in [6, 6.07) is 0.472. The first-order valence-corrected chi connectivity index (χ1v) is 6.82. The van der Waals surface area contributed by atoms with Gasteiger partial charge in [-0.1, -0.05) is 26.2 Å². The molecule has 2 fully saturated rings. The van der Waals surface area contributed by atoms with Crippen LogP contribution >= 0.6 is 0 Å². The second-order valence-electron chi connectivity index (χ2n) is 5.30. The minimum absolute atomic E-state index is 0.243. The molecule has 16 heavy (non-hydrogen) atoms. The van der Waals surface area contributed by atoms with Crippen molar-refractivity contribution in [3.05, 3.63) is 0 Å². The molecule has 2 rings (SSSR count). The van der Waals surface area contributed by atoms with Gasteiger partial charge in [0, 0.05) is 19.1 Å². The first-order valence-electron chi connectivity index (χ1n) is 6.82. The van der Waals surface area contributed by atoms with Crippen LogP contribution in [0.5, 0.6) is 0 Å². The fourth-order valence-electron chi connectivity index (χ4n) is 2.81. The first-order chi connectivity index (χ1) is 7.81. The number of hydrogen-bond acceptors (Lipinski definition) is 2. The maximum atomic E-state index is 11.8. The molecule has 0 bridgehead atoms. The molecule has 3 heteroatoms. The van der Waals surface area contributed by atoms with E-state index in [9.17, 15) is 4.79 Å². The Morgan fingerprint density at radius 3 is 2.81 bits per heavy atom. The summed E-state index contributed by atoms with van der Waals surface area (Å²) in [5, 5.41) is 6.41. The van der Waals surface area contributed by atoms with Gasteiger partial charge in [0.25, 0.3) is 0 Å². The fraction of sp³-hybridized carbons (Fsp3) is 0.923. The highest BCUT2D eigenvalue weighted by molar-refractivity contribution is 5.80. The molecule has 0 aromatic rings. The molecule has 0 radical (unpaired) electrons. The van der Waals surface area contributed by atoms with Crippen molar-refractivity contribution in [1.82, 2.24) is 10.6 Å². The van der Waals surface area contributed by atoms with Crippen LogP contribution in [0.4, 0.5) is 0 Å². The average Bonchev–Trinajstić information content (AvgIpc) is 2.59. The SMILES string of the molecule is CCCCC1CCCC1NC(=O)C1CNC1. The van der Waals surface area contributed by atoms with Crippen LogP contribution in [-0.4, -0.2) is 25.0 Å². The average molecular weight is 224 g/mol. The van der Waals surface area contributed by atoms with Crippen LogP contribution < -0.4 is 10.6 Å². The van der Waals surface area contributed by atoms with E-state index in [1.165, 1.54) is 38.5 Å². The quantitative estimate of drug-likeness (QED) is 0.746. The standard InChI is InChI=1S/C13H24N2O/c1-2-3-5-10-6-4-7-12(10)15-13(16)11-8-14-9-11/h10-12,14H,2-9H2,1H3,(H,15,16). The fourth-order valence-corrected chi connectivity index (χ4v) is 2.81. The molecule has 1 heterocycles. The van der Waals surface area contributed by atoms with Crippen LogP contribution in [0.25, 0.3) is 0 Å². The second kappa shape index (κ2) is 5.67. The van der Waals surface area contributed by atoms with Gasteiger partial charge in [0.1, 0.15) is 0 Å². The third-order valence-corrected chi connectivity index (χ3v) is 4.07. The van der Waals surface area contributed by atoms with Gasteiger partial charge >= 0.3 is 0 Å². The van der Waals surface area contributed by atoms with E-state index in [-0.39, 0.29) is 11.8 Å². The topological polar surface area (TPSA) is 41.1 Å². The van der Waals surface area contributed by atoms with Crippen LogP contribution in [0.2, 0.25) is 0 Å². The Balaban J connectivity index is 1.76. The van der Waals surface area contributed by atoms with Crippen LogP contribution in [0, 0.1) is 11.8 Å². The summed E-state index contributed by atoms with van der Waals surface area (Å²) < 4.78 is 0. The summed E-state index contributed by atoms with van der Waals surface area (Å²) in [7, 11) is 0. The highest BCUT2D eigenvalue weighted by atomic mass is 16.2. The number of unbranched alkanes of at least 4 members (excludes halogenated alkanes) is 1. The van der Waals surface area contributed by atoms with Crippen LogP contribution in [0.1, 0.15) is 45.4 Å². The predicted octanol–water partition coefficient (Wildman–Crippen LogP) is 1.68. The summed E-state index contributed by atoms with van der Waals surface area (Å²) >= 11 is 0. The molecule has 2 aliphatic rings. The van der Waals surface area contributed by atoms with Crippen molar-refractivity contribution in [3.63, 3.8) is 0 Å². The van der Waals surface area contributed by atoms with Crippen molar-refractivity contribution in [2.75, 3.05) is 13.1 Å². The third-order valence-electron chi connectivity index (χ3n) is 4.07. The molecule has 0 aromatic heterocycles. The number of rotatable bonds is 5. The van der Waals surface area contributed by atoms with Gasteiger partial charge in [0.15, 0.2) is 0 Å². The van der Waals surface area contributed by atoms with Crippen molar-refractivity contribution in [3.8, 4) is 0 Å². The minimum atomic E-state index is 0.243. The first kappa shape index (κ1) is 11.9. The maximum absolute atomic E-state index is 11.8. The molecular formula is C13H24N2O. The van der Waals surface area contributed by atoms with Crippen LogP contribution in [0.15, 0.2) is 0 Å². The van der Waals surface area contributed by atoms with E-state index in [4.69, 9.17) is 0 Å². The van der Waals surface area contributed by atoms with Gasteiger partial charge in [-0.25, -0.2) is 0 Å².